The zero-order chi connectivity index (χ0) is 17.1. The zero-order valence-corrected chi connectivity index (χ0v) is 15.0. The maximum Gasteiger partial charge on any atom is 0.233 e. The van der Waals surface area contributed by atoms with Crippen molar-refractivity contribution in [2.24, 2.45) is 0 Å². The number of fused-ring (bicyclic) bond motifs is 1. The monoisotopic (exact) mass is 346 g/mol. The number of amides is 1. The Kier molecular flexibility index (Phi) is 5.26. The van der Waals surface area contributed by atoms with Crippen LogP contribution in [0.4, 0.5) is 0 Å². The molecule has 0 aliphatic carbocycles. The third-order valence-corrected chi connectivity index (χ3v) is 5.04. The Bertz CT molecular complexity index is 727. The van der Waals surface area contributed by atoms with E-state index in [0.29, 0.717) is 18.8 Å². The van der Waals surface area contributed by atoms with Gasteiger partial charge in [0.15, 0.2) is 0 Å². The van der Waals surface area contributed by atoms with Crippen LogP contribution >= 0.6 is 11.8 Å². The van der Waals surface area contributed by atoms with Crippen molar-refractivity contribution in [2.45, 2.75) is 31.1 Å². The SMILES string of the molecule is COc1cccc2c(SCC(=O)N3C[C@@H](C)O[C@H](C)C3)nccc12. The van der Waals surface area contributed by atoms with Crippen LogP contribution in [0.15, 0.2) is 35.5 Å². The van der Waals surface area contributed by atoms with Gasteiger partial charge in [-0.05, 0) is 26.0 Å². The van der Waals surface area contributed by atoms with E-state index in [1.54, 1.807) is 13.3 Å². The van der Waals surface area contributed by atoms with E-state index >= 15 is 0 Å². The number of ether oxygens (including phenoxy) is 2. The molecule has 24 heavy (non-hydrogen) atoms. The molecule has 0 spiro atoms. The van der Waals surface area contributed by atoms with E-state index in [0.717, 1.165) is 21.5 Å². The van der Waals surface area contributed by atoms with E-state index in [4.69, 9.17) is 9.47 Å². The summed E-state index contributed by atoms with van der Waals surface area (Å²) in [5.74, 6) is 1.32. The van der Waals surface area contributed by atoms with E-state index in [2.05, 4.69) is 4.98 Å². The van der Waals surface area contributed by atoms with E-state index in [9.17, 15) is 4.79 Å². The highest BCUT2D eigenvalue weighted by atomic mass is 32.2. The topological polar surface area (TPSA) is 51.7 Å². The van der Waals surface area contributed by atoms with Crippen molar-refractivity contribution < 1.29 is 14.3 Å². The Morgan fingerprint density at radius 3 is 2.75 bits per heavy atom. The summed E-state index contributed by atoms with van der Waals surface area (Å²) in [6, 6.07) is 7.82. The Morgan fingerprint density at radius 2 is 2.04 bits per heavy atom. The quantitative estimate of drug-likeness (QED) is 0.797. The van der Waals surface area contributed by atoms with Gasteiger partial charge in [-0.1, -0.05) is 23.9 Å². The maximum atomic E-state index is 12.5. The number of thioether (sulfide) groups is 1. The fourth-order valence-corrected chi connectivity index (χ4v) is 3.96. The van der Waals surface area contributed by atoms with Gasteiger partial charge in [-0.25, -0.2) is 4.98 Å². The van der Waals surface area contributed by atoms with E-state index in [1.807, 2.05) is 43.0 Å². The third kappa shape index (κ3) is 3.65. The van der Waals surface area contributed by atoms with Crippen molar-refractivity contribution in [1.82, 2.24) is 9.88 Å². The summed E-state index contributed by atoms with van der Waals surface area (Å²) < 4.78 is 11.1. The highest BCUT2D eigenvalue weighted by molar-refractivity contribution is 8.00. The van der Waals surface area contributed by atoms with Crippen molar-refractivity contribution >= 4 is 28.4 Å². The second-order valence-corrected chi connectivity index (χ2v) is 6.98. The first-order valence-electron chi connectivity index (χ1n) is 8.06. The molecule has 2 atom stereocenters. The number of pyridine rings is 1. The molecule has 1 aromatic carbocycles. The largest absolute Gasteiger partial charge is 0.496 e. The smallest absolute Gasteiger partial charge is 0.233 e. The lowest BCUT2D eigenvalue weighted by molar-refractivity contribution is -0.140. The molecule has 1 aliphatic rings. The molecule has 1 aliphatic heterocycles. The van der Waals surface area contributed by atoms with Gasteiger partial charge < -0.3 is 14.4 Å². The molecular weight excluding hydrogens is 324 g/mol. The number of nitrogens with zero attached hydrogens (tertiary/aromatic N) is 2. The lowest BCUT2D eigenvalue weighted by Crippen LogP contribution is -2.48. The first-order valence-corrected chi connectivity index (χ1v) is 9.04. The van der Waals surface area contributed by atoms with Gasteiger partial charge in [-0.15, -0.1) is 0 Å². The minimum atomic E-state index is 0.0858. The number of aromatic nitrogens is 1. The first kappa shape index (κ1) is 17.0. The summed E-state index contributed by atoms with van der Waals surface area (Å²) in [5, 5.41) is 2.88. The van der Waals surface area contributed by atoms with Gasteiger partial charge in [0.1, 0.15) is 10.8 Å². The van der Waals surface area contributed by atoms with Gasteiger partial charge in [0.2, 0.25) is 5.91 Å². The minimum Gasteiger partial charge on any atom is -0.496 e. The van der Waals surface area contributed by atoms with Crippen LogP contribution in [-0.4, -0.2) is 54.0 Å². The molecule has 1 fully saturated rings. The highest BCUT2D eigenvalue weighted by Gasteiger charge is 2.25. The number of morpholine rings is 1. The number of methoxy groups -OCH3 is 1. The summed E-state index contributed by atoms with van der Waals surface area (Å²) in [6.45, 7) is 5.31. The van der Waals surface area contributed by atoms with Crippen molar-refractivity contribution in [3.05, 3.63) is 30.5 Å². The Hall–Kier alpha value is -1.79. The van der Waals surface area contributed by atoms with Crippen LogP contribution in [0.2, 0.25) is 0 Å². The van der Waals surface area contributed by atoms with E-state index in [-0.39, 0.29) is 18.1 Å². The summed E-state index contributed by atoms with van der Waals surface area (Å²) in [4.78, 5) is 18.8. The summed E-state index contributed by atoms with van der Waals surface area (Å²) in [7, 11) is 1.66. The van der Waals surface area contributed by atoms with Crippen molar-refractivity contribution in [2.75, 3.05) is 26.0 Å². The third-order valence-electron chi connectivity index (χ3n) is 4.05. The fourth-order valence-electron chi connectivity index (χ4n) is 3.05. The van der Waals surface area contributed by atoms with Gasteiger partial charge >= 0.3 is 0 Å². The molecule has 0 unspecified atom stereocenters. The number of benzene rings is 1. The number of carbonyl (C=O) groups is 1. The summed E-state index contributed by atoms with van der Waals surface area (Å²) in [6.07, 6.45) is 1.93. The average Bonchev–Trinajstić information content (AvgIpc) is 2.58. The van der Waals surface area contributed by atoms with Gasteiger partial charge in [0.05, 0.1) is 25.1 Å². The second-order valence-electron chi connectivity index (χ2n) is 6.02. The number of hydrogen-bond donors (Lipinski definition) is 0. The van der Waals surface area contributed by atoms with Crippen molar-refractivity contribution in [3.8, 4) is 5.75 Å². The molecule has 2 aromatic rings. The predicted molar refractivity (Wildman–Crippen MR) is 95.6 cm³/mol. The number of hydrogen-bond acceptors (Lipinski definition) is 5. The predicted octanol–water partition coefficient (Wildman–Crippen LogP) is 2.97. The standard InChI is InChI=1S/C18H22N2O3S/c1-12-9-20(10-13(2)23-12)17(21)11-24-18-15-5-4-6-16(22-3)14(15)7-8-19-18/h4-8,12-13H,9-11H2,1-3H3/t12-,13-/m1/s1. The Balaban J connectivity index is 1.73. The zero-order valence-electron chi connectivity index (χ0n) is 14.2. The van der Waals surface area contributed by atoms with Crippen LogP contribution in [0.25, 0.3) is 10.8 Å². The number of rotatable bonds is 4. The van der Waals surface area contributed by atoms with Gasteiger partial charge in [-0.2, -0.15) is 0 Å². The normalized spacial score (nSPS) is 21.0. The van der Waals surface area contributed by atoms with Gasteiger partial charge in [0, 0.05) is 30.1 Å². The highest BCUT2D eigenvalue weighted by Crippen LogP contribution is 2.31. The molecule has 0 radical (unpaired) electrons. The molecule has 0 saturated carbocycles. The summed E-state index contributed by atoms with van der Waals surface area (Å²) >= 11 is 1.47. The second kappa shape index (κ2) is 7.40. The molecule has 2 heterocycles. The molecule has 1 aromatic heterocycles. The molecule has 1 saturated heterocycles. The molecule has 0 bridgehead atoms. The molecule has 1 amide bonds. The fraction of sp³-hybridized carbons (Fsp3) is 0.444. The minimum absolute atomic E-state index is 0.0858. The van der Waals surface area contributed by atoms with Crippen LogP contribution in [0, 0.1) is 0 Å². The van der Waals surface area contributed by atoms with Gasteiger partial charge in [0.25, 0.3) is 0 Å². The number of carbonyl (C=O) groups excluding carboxylic acids is 1. The first-order chi connectivity index (χ1) is 11.6. The van der Waals surface area contributed by atoms with E-state index < -0.39 is 0 Å². The van der Waals surface area contributed by atoms with Crippen LogP contribution in [0.3, 0.4) is 0 Å². The molecule has 5 nitrogen and oxygen atoms in total. The Morgan fingerprint density at radius 1 is 1.29 bits per heavy atom. The average molecular weight is 346 g/mol. The van der Waals surface area contributed by atoms with Crippen LogP contribution in [0.1, 0.15) is 13.8 Å². The molecule has 0 N–H and O–H groups in total. The van der Waals surface area contributed by atoms with Crippen LogP contribution in [-0.2, 0) is 9.53 Å². The summed E-state index contributed by atoms with van der Waals surface area (Å²) in [5.41, 5.74) is 0. The molecule has 6 heteroatoms. The van der Waals surface area contributed by atoms with Gasteiger partial charge in [-0.3, -0.25) is 4.79 Å². The van der Waals surface area contributed by atoms with Crippen LogP contribution < -0.4 is 4.74 Å². The lowest BCUT2D eigenvalue weighted by Gasteiger charge is -2.35. The Labute approximate surface area is 146 Å². The van der Waals surface area contributed by atoms with Crippen molar-refractivity contribution in [3.63, 3.8) is 0 Å². The van der Waals surface area contributed by atoms with Crippen molar-refractivity contribution in [1.29, 1.82) is 0 Å². The maximum absolute atomic E-state index is 12.5. The molecule has 128 valence electrons. The lowest BCUT2D eigenvalue weighted by atomic mass is 10.1. The molecule has 3 rings (SSSR count). The molecular formula is C18H22N2O3S. The van der Waals surface area contributed by atoms with Crippen LogP contribution in [0.5, 0.6) is 5.75 Å². The van der Waals surface area contributed by atoms with E-state index in [1.165, 1.54) is 11.8 Å².